The molecule has 3 amide bonds. The van der Waals surface area contributed by atoms with E-state index in [1.165, 1.54) is 0 Å². The van der Waals surface area contributed by atoms with Crippen LogP contribution in [0.5, 0.6) is 0 Å². The molecule has 0 spiro atoms. The number of piperidine rings is 2. The number of fused-ring (bicyclic) bond motifs is 3. The van der Waals surface area contributed by atoms with E-state index in [1.807, 2.05) is 7.05 Å². The van der Waals surface area contributed by atoms with E-state index >= 15 is 0 Å². The molecule has 7 unspecified atom stereocenters. The fourth-order valence-corrected chi connectivity index (χ4v) is 5.30. The van der Waals surface area contributed by atoms with Gasteiger partial charge in [0.05, 0.1) is 35.7 Å². The molecule has 4 fully saturated rings. The Labute approximate surface area is 164 Å². The number of hydrogen-bond donors (Lipinski definition) is 4. The van der Waals surface area contributed by atoms with Crippen molar-refractivity contribution >= 4 is 23.5 Å². The van der Waals surface area contributed by atoms with Gasteiger partial charge in [0.25, 0.3) is 0 Å². The third-order valence-electron chi connectivity index (χ3n) is 6.33. The number of carbonyl (C=O) groups is 2. The van der Waals surface area contributed by atoms with Gasteiger partial charge < -0.3 is 15.8 Å². The molecule has 2 bridgehead atoms. The van der Waals surface area contributed by atoms with E-state index < -0.39 is 17.5 Å². The lowest BCUT2D eigenvalue weighted by atomic mass is 9.90. The molecule has 0 aliphatic carbocycles. The number of urea groups is 1. The Bertz CT molecular complexity index is 609. The fourth-order valence-electron chi connectivity index (χ4n) is 4.91. The van der Waals surface area contributed by atoms with Crippen LogP contribution in [0.1, 0.15) is 26.2 Å². The zero-order valence-corrected chi connectivity index (χ0v) is 16.5. The Balaban J connectivity index is 1.71. The Kier molecular flexibility index (Phi) is 5.24. The van der Waals surface area contributed by atoms with Gasteiger partial charge in [0.2, 0.25) is 5.91 Å². The standard InChI is InChI=1S/C17H29ClN6O3/c1-8-4-6-23(2)15-9(13(19)25)7-10(18)16(22-15)24-12-11(27-8)3-5-20-14(12)21-17(24)26/h8-12,14-16,20,22H,3-7H2,1-2H3,(H2,19,25)(H,21,26)/t8-,9?,10?,11?,12?,14?,15?,16?/m0/s1. The largest absolute Gasteiger partial charge is 0.373 e. The third kappa shape index (κ3) is 3.40. The average molecular weight is 401 g/mol. The topological polar surface area (TPSA) is 112 Å². The highest BCUT2D eigenvalue weighted by Crippen LogP contribution is 2.34. The van der Waals surface area contributed by atoms with Crippen molar-refractivity contribution in [3.63, 3.8) is 0 Å². The molecule has 152 valence electrons. The average Bonchev–Trinajstić information content (AvgIpc) is 2.95. The lowest BCUT2D eigenvalue weighted by Gasteiger charge is -2.48. The molecule has 0 radical (unpaired) electrons. The number of nitrogens with one attached hydrogen (secondary N) is 3. The van der Waals surface area contributed by atoms with Crippen LogP contribution in [0, 0.1) is 5.92 Å². The van der Waals surface area contributed by atoms with E-state index in [9.17, 15) is 9.59 Å². The maximum Gasteiger partial charge on any atom is 0.320 e. The minimum Gasteiger partial charge on any atom is -0.373 e. The highest BCUT2D eigenvalue weighted by Gasteiger charge is 2.53. The highest BCUT2D eigenvalue weighted by molar-refractivity contribution is 6.21. The molecule has 5 N–H and O–H groups in total. The summed E-state index contributed by atoms with van der Waals surface area (Å²) in [5.41, 5.74) is 5.66. The molecule has 10 heteroatoms. The van der Waals surface area contributed by atoms with E-state index in [0.29, 0.717) is 6.42 Å². The van der Waals surface area contributed by atoms with Gasteiger partial charge in [-0.1, -0.05) is 0 Å². The van der Waals surface area contributed by atoms with Crippen LogP contribution in [-0.2, 0) is 9.53 Å². The van der Waals surface area contributed by atoms with Crippen molar-refractivity contribution in [3.8, 4) is 0 Å². The van der Waals surface area contributed by atoms with Crippen LogP contribution in [0.4, 0.5) is 4.79 Å². The smallest absolute Gasteiger partial charge is 0.320 e. The molecule has 4 aliphatic heterocycles. The van der Waals surface area contributed by atoms with Crippen LogP contribution in [0.2, 0.25) is 0 Å². The van der Waals surface area contributed by atoms with Gasteiger partial charge in [0, 0.05) is 6.54 Å². The van der Waals surface area contributed by atoms with Gasteiger partial charge in [-0.25, -0.2) is 4.79 Å². The maximum atomic E-state index is 12.8. The molecule has 0 aromatic heterocycles. The van der Waals surface area contributed by atoms with Crippen molar-refractivity contribution in [1.82, 2.24) is 25.8 Å². The van der Waals surface area contributed by atoms with E-state index in [0.717, 1.165) is 25.9 Å². The van der Waals surface area contributed by atoms with Gasteiger partial charge in [-0.05, 0) is 39.8 Å². The van der Waals surface area contributed by atoms with Crippen molar-refractivity contribution in [3.05, 3.63) is 0 Å². The molecular formula is C17H29ClN6O3. The van der Waals surface area contributed by atoms with Crippen LogP contribution in [0.15, 0.2) is 0 Å². The number of amides is 3. The number of alkyl halides is 1. The SMILES string of the molecule is C[C@H]1CCN(C)C2NC(C(Cl)CC2C(N)=O)N2C(=O)NC3NCCC(O1)C32. The van der Waals surface area contributed by atoms with Crippen molar-refractivity contribution in [2.45, 2.75) is 68.3 Å². The predicted molar refractivity (Wildman–Crippen MR) is 99.8 cm³/mol. The second-order valence-corrected chi connectivity index (χ2v) is 8.70. The normalized spacial score (nSPS) is 45.6. The second-order valence-electron chi connectivity index (χ2n) is 8.14. The summed E-state index contributed by atoms with van der Waals surface area (Å²) >= 11 is 6.67. The molecule has 4 saturated heterocycles. The zero-order valence-electron chi connectivity index (χ0n) is 15.7. The van der Waals surface area contributed by atoms with Crippen molar-refractivity contribution in [2.24, 2.45) is 11.7 Å². The first kappa shape index (κ1) is 19.2. The number of halogens is 1. The Morgan fingerprint density at radius 3 is 2.85 bits per heavy atom. The molecule has 27 heavy (non-hydrogen) atoms. The number of carbonyl (C=O) groups excluding carboxylic acids is 2. The third-order valence-corrected chi connectivity index (χ3v) is 6.75. The van der Waals surface area contributed by atoms with E-state index in [1.54, 1.807) is 4.90 Å². The molecule has 4 rings (SSSR count). The molecule has 4 aliphatic rings. The summed E-state index contributed by atoms with van der Waals surface area (Å²) in [5, 5.41) is 9.43. The van der Waals surface area contributed by atoms with Gasteiger partial charge in [-0.15, -0.1) is 11.6 Å². The number of primary amides is 1. The van der Waals surface area contributed by atoms with Crippen molar-refractivity contribution in [1.29, 1.82) is 0 Å². The lowest BCUT2D eigenvalue weighted by molar-refractivity contribution is -0.126. The van der Waals surface area contributed by atoms with Gasteiger partial charge >= 0.3 is 6.03 Å². The fraction of sp³-hybridized carbons (Fsp3) is 0.882. The lowest BCUT2D eigenvalue weighted by Crippen LogP contribution is -2.69. The minimum absolute atomic E-state index is 0.0468. The second kappa shape index (κ2) is 7.36. The first-order valence-electron chi connectivity index (χ1n) is 9.74. The highest BCUT2D eigenvalue weighted by atomic mass is 35.5. The first-order chi connectivity index (χ1) is 12.9. The Hall–Kier alpha value is -1.13. The zero-order chi connectivity index (χ0) is 19.3. The van der Waals surface area contributed by atoms with Crippen molar-refractivity contribution in [2.75, 3.05) is 20.1 Å². The summed E-state index contributed by atoms with van der Waals surface area (Å²) in [7, 11) is 1.96. The summed E-state index contributed by atoms with van der Waals surface area (Å²) in [6, 6.07) is -0.316. The summed E-state index contributed by atoms with van der Waals surface area (Å²) in [4.78, 5) is 28.8. The van der Waals surface area contributed by atoms with Crippen LogP contribution < -0.4 is 21.7 Å². The predicted octanol–water partition coefficient (Wildman–Crippen LogP) is -0.837. The number of ether oxygens (including phenoxy) is 1. The van der Waals surface area contributed by atoms with Gasteiger partial charge in [0.1, 0.15) is 12.3 Å². The quantitative estimate of drug-likeness (QED) is 0.427. The van der Waals surface area contributed by atoms with Gasteiger partial charge in [-0.3, -0.25) is 25.2 Å². The summed E-state index contributed by atoms with van der Waals surface area (Å²) in [6.45, 7) is 3.61. The number of nitrogens with zero attached hydrogens (tertiary/aromatic N) is 2. The monoisotopic (exact) mass is 400 g/mol. The summed E-state index contributed by atoms with van der Waals surface area (Å²) in [6.07, 6.45) is 1.24. The number of nitrogens with two attached hydrogens (primary N) is 1. The van der Waals surface area contributed by atoms with Crippen LogP contribution in [0.25, 0.3) is 0 Å². The molecule has 9 nitrogen and oxygen atoms in total. The molecule has 0 aromatic carbocycles. The number of hydrogen-bond acceptors (Lipinski definition) is 6. The molecule has 8 atom stereocenters. The van der Waals surface area contributed by atoms with E-state index in [4.69, 9.17) is 22.1 Å². The Morgan fingerprint density at radius 2 is 2.11 bits per heavy atom. The Morgan fingerprint density at radius 1 is 1.33 bits per heavy atom. The molecule has 0 aromatic rings. The van der Waals surface area contributed by atoms with Crippen LogP contribution >= 0.6 is 11.6 Å². The molecule has 0 saturated carbocycles. The molecular weight excluding hydrogens is 372 g/mol. The van der Waals surface area contributed by atoms with E-state index in [2.05, 4.69) is 27.8 Å². The maximum absolute atomic E-state index is 12.8. The van der Waals surface area contributed by atoms with Crippen LogP contribution in [-0.4, -0.2) is 84.0 Å². The summed E-state index contributed by atoms with van der Waals surface area (Å²) in [5.74, 6) is -0.781. The van der Waals surface area contributed by atoms with E-state index in [-0.39, 0.29) is 42.5 Å². The molecule has 4 heterocycles. The minimum atomic E-state index is -0.419. The van der Waals surface area contributed by atoms with Crippen molar-refractivity contribution < 1.29 is 14.3 Å². The first-order valence-corrected chi connectivity index (χ1v) is 10.2. The van der Waals surface area contributed by atoms with Gasteiger partial charge in [0.15, 0.2) is 0 Å². The van der Waals surface area contributed by atoms with Gasteiger partial charge in [-0.2, -0.15) is 0 Å². The number of rotatable bonds is 1. The van der Waals surface area contributed by atoms with Crippen LogP contribution in [0.3, 0.4) is 0 Å². The summed E-state index contributed by atoms with van der Waals surface area (Å²) < 4.78 is 6.36.